The molecule has 0 heterocycles. The van der Waals surface area contributed by atoms with Gasteiger partial charge in [-0.1, -0.05) is 0 Å². The molecule has 0 saturated carbocycles. The summed E-state index contributed by atoms with van der Waals surface area (Å²) >= 11 is 0. The predicted molar refractivity (Wildman–Crippen MR) is 82.9 cm³/mol. The zero-order valence-corrected chi connectivity index (χ0v) is 13.0. The molecule has 1 aromatic carbocycles. The van der Waals surface area contributed by atoms with Gasteiger partial charge in [0, 0.05) is 25.8 Å². The summed E-state index contributed by atoms with van der Waals surface area (Å²) in [5.41, 5.74) is 1.36. The molecule has 2 N–H and O–H groups in total. The molecule has 7 heteroatoms. The molecule has 0 aliphatic carbocycles. The average Bonchev–Trinajstić information content (AvgIpc) is 2.54. The summed E-state index contributed by atoms with van der Waals surface area (Å²) in [5, 5.41) is 4.23. The van der Waals surface area contributed by atoms with Gasteiger partial charge in [-0.25, -0.2) is 9.59 Å². The summed E-state index contributed by atoms with van der Waals surface area (Å²) < 4.78 is 4.84. The number of ether oxygens (including phenoxy) is 1. The Bertz CT molecular complexity index is 524. The Morgan fingerprint density at radius 3 is 2.18 bits per heavy atom. The maximum atomic E-state index is 11.8. The standard InChI is InChI=1S/C15H21N3O4/c1-4-18(5-2)12-8-6-11(7-9-12)14(20)22-10-13(19)17-15(21)16-3/h6-9H,4-5,10H2,1-3H3,(H2,16,17,19,21). The van der Waals surface area contributed by atoms with Gasteiger partial charge in [-0.15, -0.1) is 0 Å². The molecule has 0 unspecified atom stereocenters. The number of rotatable bonds is 6. The van der Waals surface area contributed by atoms with E-state index in [1.165, 1.54) is 7.05 Å². The van der Waals surface area contributed by atoms with Gasteiger partial charge >= 0.3 is 12.0 Å². The highest BCUT2D eigenvalue weighted by Gasteiger charge is 2.12. The highest BCUT2D eigenvalue weighted by Crippen LogP contribution is 2.15. The Hall–Kier alpha value is -2.57. The van der Waals surface area contributed by atoms with Crippen LogP contribution in [0, 0.1) is 0 Å². The molecule has 0 bridgehead atoms. The van der Waals surface area contributed by atoms with Crippen molar-refractivity contribution >= 4 is 23.6 Å². The average molecular weight is 307 g/mol. The number of carbonyl (C=O) groups excluding carboxylic acids is 3. The van der Waals surface area contributed by atoms with Gasteiger partial charge in [0.15, 0.2) is 6.61 Å². The molecule has 0 spiro atoms. The number of hydrogen-bond acceptors (Lipinski definition) is 5. The molecular formula is C15H21N3O4. The van der Waals surface area contributed by atoms with Crippen LogP contribution in [-0.2, 0) is 9.53 Å². The third-order valence-corrected chi connectivity index (χ3v) is 3.05. The molecule has 0 aliphatic heterocycles. The normalized spacial score (nSPS) is 9.77. The smallest absolute Gasteiger partial charge is 0.338 e. The lowest BCUT2D eigenvalue weighted by Gasteiger charge is -2.20. The van der Waals surface area contributed by atoms with E-state index in [0.717, 1.165) is 18.8 Å². The summed E-state index contributed by atoms with van der Waals surface area (Å²) in [6.45, 7) is 5.34. The van der Waals surface area contributed by atoms with E-state index in [0.29, 0.717) is 5.56 Å². The van der Waals surface area contributed by atoms with Crippen molar-refractivity contribution in [2.75, 3.05) is 31.6 Å². The van der Waals surface area contributed by atoms with Gasteiger partial charge in [0.25, 0.3) is 5.91 Å². The molecule has 0 atom stereocenters. The van der Waals surface area contributed by atoms with Crippen molar-refractivity contribution in [2.45, 2.75) is 13.8 Å². The molecule has 7 nitrogen and oxygen atoms in total. The van der Waals surface area contributed by atoms with Crippen LogP contribution in [0.1, 0.15) is 24.2 Å². The topological polar surface area (TPSA) is 87.7 Å². The first-order valence-corrected chi connectivity index (χ1v) is 7.05. The van der Waals surface area contributed by atoms with Crippen molar-refractivity contribution in [3.63, 3.8) is 0 Å². The van der Waals surface area contributed by atoms with Crippen LogP contribution in [0.25, 0.3) is 0 Å². The minimum absolute atomic E-state index is 0.351. The van der Waals surface area contributed by atoms with Gasteiger partial charge in [-0.05, 0) is 38.1 Å². The molecule has 0 aromatic heterocycles. The molecule has 3 amide bonds. The molecule has 120 valence electrons. The van der Waals surface area contributed by atoms with E-state index in [-0.39, 0.29) is 0 Å². The van der Waals surface area contributed by atoms with Crippen molar-refractivity contribution < 1.29 is 19.1 Å². The van der Waals surface area contributed by atoms with Crippen molar-refractivity contribution in [3.8, 4) is 0 Å². The summed E-state index contributed by atoms with van der Waals surface area (Å²) in [5.74, 6) is -1.30. The van der Waals surface area contributed by atoms with Crippen molar-refractivity contribution in [2.24, 2.45) is 0 Å². The summed E-state index contributed by atoms with van der Waals surface area (Å²) in [6.07, 6.45) is 0. The van der Waals surface area contributed by atoms with Crippen LogP contribution < -0.4 is 15.5 Å². The molecule has 0 fully saturated rings. The van der Waals surface area contributed by atoms with Gasteiger partial charge in [0.05, 0.1) is 5.56 Å². The number of imide groups is 1. The van der Waals surface area contributed by atoms with Crippen LogP contribution >= 0.6 is 0 Å². The molecule has 0 aliphatic rings. The highest BCUT2D eigenvalue weighted by molar-refractivity contribution is 5.97. The van der Waals surface area contributed by atoms with Crippen molar-refractivity contribution in [1.82, 2.24) is 10.6 Å². The van der Waals surface area contributed by atoms with E-state index in [4.69, 9.17) is 4.74 Å². The number of urea groups is 1. The minimum Gasteiger partial charge on any atom is -0.452 e. The van der Waals surface area contributed by atoms with Crippen LogP contribution in [0.3, 0.4) is 0 Å². The second kappa shape index (κ2) is 8.66. The van der Waals surface area contributed by atoms with Gasteiger partial charge in [-0.2, -0.15) is 0 Å². The number of esters is 1. The number of hydrogen-bond donors (Lipinski definition) is 2. The fourth-order valence-corrected chi connectivity index (χ4v) is 1.84. The van der Waals surface area contributed by atoms with Gasteiger partial charge < -0.3 is 15.0 Å². The molecule has 0 saturated heterocycles. The first kappa shape index (κ1) is 17.5. The van der Waals surface area contributed by atoms with Crippen LogP contribution in [0.15, 0.2) is 24.3 Å². The van der Waals surface area contributed by atoms with Crippen LogP contribution in [0.4, 0.5) is 10.5 Å². The van der Waals surface area contributed by atoms with Gasteiger partial charge in [-0.3, -0.25) is 10.1 Å². The maximum absolute atomic E-state index is 11.8. The number of anilines is 1. The van der Waals surface area contributed by atoms with E-state index in [1.807, 2.05) is 17.4 Å². The monoisotopic (exact) mass is 307 g/mol. The van der Waals surface area contributed by atoms with E-state index < -0.39 is 24.5 Å². The lowest BCUT2D eigenvalue weighted by atomic mass is 10.2. The third-order valence-electron chi connectivity index (χ3n) is 3.05. The second-order valence-electron chi connectivity index (χ2n) is 4.42. The van der Waals surface area contributed by atoms with Crippen LogP contribution in [0.2, 0.25) is 0 Å². The maximum Gasteiger partial charge on any atom is 0.338 e. The van der Waals surface area contributed by atoms with E-state index in [9.17, 15) is 14.4 Å². The second-order valence-corrected chi connectivity index (χ2v) is 4.42. The number of nitrogens with one attached hydrogen (secondary N) is 2. The van der Waals surface area contributed by atoms with Gasteiger partial charge in [0.1, 0.15) is 0 Å². The zero-order chi connectivity index (χ0) is 16.5. The highest BCUT2D eigenvalue weighted by atomic mass is 16.5. The van der Waals surface area contributed by atoms with Crippen molar-refractivity contribution in [1.29, 1.82) is 0 Å². The fourth-order valence-electron chi connectivity index (χ4n) is 1.84. The molecule has 0 radical (unpaired) electrons. The Balaban J connectivity index is 2.56. The Morgan fingerprint density at radius 1 is 1.09 bits per heavy atom. The molecule has 1 aromatic rings. The number of benzene rings is 1. The number of carbonyl (C=O) groups is 3. The van der Waals surface area contributed by atoms with Gasteiger partial charge in [0.2, 0.25) is 0 Å². The predicted octanol–water partition coefficient (Wildman–Crippen LogP) is 1.15. The zero-order valence-electron chi connectivity index (χ0n) is 13.0. The largest absolute Gasteiger partial charge is 0.452 e. The Morgan fingerprint density at radius 2 is 1.68 bits per heavy atom. The number of nitrogens with zero attached hydrogens (tertiary/aromatic N) is 1. The summed E-state index contributed by atoms with van der Waals surface area (Å²) in [4.78, 5) is 36.2. The quantitative estimate of drug-likeness (QED) is 0.770. The third kappa shape index (κ3) is 5.08. The van der Waals surface area contributed by atoms with E-state index in [1.54, 1.807) is 12.1 Å². The number of amides is 3. The summed E-state index contributed by atoms with van der Waals surface area (Å²) in [7, 11) is 1.38. The molecular weight excluding hydrogens is 286 g/mol. The fraction of sp³-hybridized carbons (Fsp3) is 0.400. The van der Waals surface area contributed by atoms with E-state index >= 15 is 0 Å². The minimum atomic E-state index is -0.688. The Labute approximate surface area is 129 Å². The lowest BCUT2D eigenvalue weighted by Crippen LogP contribution is -2.39. The van der Waals surface area contributed by atoms with E-state index in [2.05, 4.69) is 24.1 Å². The molecule has 22 heavy (non-hydrogen) atoms. The van der Waals surface area contributed by atoms with Crippen LogP contribution in [0.5, 0.6) is 0 Å². The summed E-state index contributed by atoms with van der Waals surface area (Å²) in [6, 6.07) is 6.30. The molecule has 1 rings (SSSR count). The SMILES string of the molecule is CCN(CC)c1ccc(C(=O)OCC(=O)NC(=O)NC)cc1. The Kier molecular flexibility index (Phi) is 6.88. The first-order chi connectivity index (χ1) is 10.5. The van der Waals surface area contributed by atoms with Crippen molar-refractivity contribution in [3.05, 3.63) is 29.8 Å². The lowest BCUT2D eigenvalue weighted by molar-refractivity contribution is -0.123. The first-order valence-electron chi connectivity index (χ1n) is 7.05. The van der Waals surface area contributed by atoms with Crippen LogP contribution in [-0.4, -0.2) is 44.7 Å².